The van der Waals surface area contributed by atoms with Gasteiger partial charge in [-0.15, -0.1) is 0 Å². The topological polar surface area (TPSA) is 325 Å². The molecule has 3 saturated heterocycles. The van der Waals surface area contributed by atoms with Crippen molar-refractivity contribution in [2.45, 2.75) is 280 Å². The van der Waals surface area contributed by atoms with E-state index in [-0.39, 0.29) is 61.2 Å². The Morgan fingerprint density at radius 1 is 0.454 bits per heavy atom. The first-order valence-corrected chi connectivity index (χ1v) is 49.4. The number of carboxylic acid groups (broad SMARTS) is 1. The van der Waals surface area contributed by atoms with E-state index >= 15 is 13.2 Å². The van der Waals surface area contributed by atoms with Crippen LogP contribution in [0.5, 0.6) is 17.2 Å². The maximum atomic E-state index is 15.8. The summed E-state index contributed by atoms with van der Waals surface area (Å²) in [4.78, 5) is 110. The number of carbonyl (C=O) groups excluding carboxylic acids is 6. The van der Waals surface area contributed by atoms with E-state index in [4.69, 9.17) is 62.4 Å². The molecule has 3 saturated carbocycles. The van der Waals surface area contributed by atoms with Crippen LogP contribution in [0, 0.1) is 59.0 Å². The average molecular weight is 1950 g/mol. The molecule has 9 aromatic rings. The number of methoxy groups -OCH3 is 2. The number of ether oxygens (including phenoxy) is 8. The molecule has 0 spiro atoms. The largest absolute Gasteiger partial charge is 1.00 e. The molecule has 0 unspecified atom stereocenters. The van der Waals surface area contributed by atoms with Gasteiger partial charge in [0.25, 0.3) is 11.8 Å². The standard InChI is InChI=1S/C36H47FN4O5.C35H45FN4O5.C26H31FN2O4.C9H18N2.CO2.CH4.Li.H2O/c1-21-24-13-10-18-45-31(24)27(37)19-25(21)30-26-20-28(34(42)41-16-14-40(15-17-41)23-11-8-9-12-23)39(6)33(26)38-22(2)29(30)32(35(43)44-7)46-36(3,4)5;1-20-23-12-9-17-44-30(23)26(36)18-24(20)29-25-19-27(33(41)40-15-13-39(14-16-40)22-10-7-8-11-22)38(6)32(25)37-21(2)28(29)31(34(42)43)45-35(3,4)5;1-14-16-9-8-12-32-22(16)19(27)13-18(14)21-17-10-11-29(6)24(17)28-15(2)20(21)23(25(30)31-7)33-26(3,4)5;1-2-4-9(3-1)11-7-5-10-6-8-11;2-1-3;;;/h19-20,23,32H,8-18H2,1-7H3;18-19,22,31H,7-17H2,1-6H3,(H,42,43);10-11,13,23H,8-9,12H2,1-7H3;9-10H,1-8H2;;1H4;;1H2/q;;;;;;+1;/p-1/t32-;31-;23-;;;;;/m000...../s1. The fraction of sp³-hybridized carbons (Fsp3) is 0.583. The predicted octanol–water partition coefficient (Wildman–Crippen LogP) is 15.1. The number of rotatable bonds is 17. The Morgan fingerprint density at radius 2 is 0.752 bits per heavy atom. The summed E-state index contributed by atoms with van der Waals surface area (Å²) in [7, 11) is 8.24. The number of aromatic nitrogens is 6. The summed E-state index contributed by atoms with van der Waals surface area (Å²) in [5.41, 5.74) is 12.6. The minimum Gasteiger partial charge on any atom is -0.870 e. The van der Waals surface area contributed by atoms with Gasteiger partial charge in [0.05, 0.1) is 50.8 Å². The van der Waals surface area contributed by atoms with Crippen LogP contribution in [-0.2, 0) is 88.1 Å². The Balaban J connectivity index is 0.000000188. The number of hydrogen-bond donors (Lipinski definition) is 2. The van der Waals surface area contributed by atoms with Crippen LogP contribution in [0.2, 0.25) is 0 Å². The normalized spacial score (nSPS) is 17.8. The molecule has 12 heterocycles. The van der Waals surface area contributed by atoms with E-state index in [9.17, 15) is 29.1 Å². The van der Waals surface area contributed by atoms with E-state index in [0.29, 0.717) is 172 Å². The van der Waals surface area contributed by atoms with Crippen molar-refractivity contribution in [2.75, 3.05) is 113 Å². The molecule has 762 valence electrons. The second-order valence-electron chi connectivity index (χ2n) is 41.2. The number of halogens is 3. The number of esters is 2. The Hall–Kier alpha value is -10.1. The molecule has 0 radical (unpaired) electrons. The molecule has 29 nitrogen and oxygen atoms in total. The number of nitrogens with zero attached hydrogens (tertiary/aromatic N) is 11. The summed E-state index contributed by atoms with van der Waals surface area (Å²) < 4.78 is 98.5. The Kier molecular flexibility index (Phi) is 37.2. The van der Waals surface area contributed by atoms with Crippen molar-refractivity contribution < 1.29 is 114 Å². The van der Waals surface area contributed by atoms with Crippen molar-refractivity contribution >= 4 is 69.0 Å². The molecular weight excluding hydrogens is 1800 g/mol. The quantitative estimate of drug-likeness (QED) is 0.0632. The number of hydrogen-bond acceptors (Lipinski definition) is 23. The second-order valence-corrected chi connectivity index (χ2v) is 41.2. The van der Waals surface area contributed by atoms with Crippen LogP contribution in [0.3, 0.4) is 0 Å². The van der Waals surface area contributed by atoms with E-state index in [1.54, 1.807) is 38.3 Å². The van der Waals surface area contributed by atoms with Crippen LogP contribution in [0.4, 0.5) is 13.2 Å². The van der Waals surface area contributed by atoms with Gasteiger partial charge in [-0.05, 0) is 251 Å². The first-order chi connectivity index (χ1) is 65.7. The van der Waals surface area contributed by atoms with E-state index in [1.165, 1.54) is 136 Å². The van der Waals surface area contributed by atoms with Crippen LogP contribution < -0.4 is 38.4 Å². The number of fused-ring (bicyclic) bond motifs is 6. The van der Waals surface area contributed by atoms with Gasteiger partial charge in [0.1, 0.15) is 28.3 Å². The minimum atomic E-state index is -1.37. The van der Waals surface area contributed by atoms with Gasteiger partial charge in [-0.2, -0.15) is 9.59 Å². The molecule has 3 N–H and O–H groups in total. The SMILES string of the molecule is C.C1CCC(N2CCNCC2)C1.COC(=O)[C@@H](OC(C)(C)C)c1c(C)nc2c(cc(C(=O)N3CCN(C4CCCC4)CC3)n2C)c1-c1cc(F)c2c(c1C)CCCO2.COC(=O)[C@@H](OC(C)(C)C)c1c(C)nc2c(ccn2C)c1-c1cc(F)c2c(c1C)CCCO2.Cc1nc2c(cc(C(=O)N3CCN(C4CCCC4)CC3)n2C)c(-c2cc(F)c3c(c2C)CCCO3)c1[C@H](OC(C)(C)C)C(=O)O.O=C=O.[Li+].[OH-]. The maximum absolute atomic E-state index is 15.8. The second kappa shape index (κ2) is 47.2. The molecule has 3 atom stereocenters. The number of amides is 2. The zero-order valence-electron chi connectivity index (χ0n) is 85.9. The molecule has 6 aliphatic heterocycles. The van der Waals surface area contributed by atoms with Gasteiger partial charge in [0.15, 0.2) is 53.0 Å². The summed E-state index contributed by atoms with van der Waals surface area (Å²) in [6, 6.07) is 12.2. The molecule has 3 aromatic carbocycles. The van der Waals surface area contributed by atoms with Gasteiger partial charge in [-0.25, -0.2) is 42.5 Å². The Bertz CT molecular complexity index is 6040. The molecule has 18 rings (SSSR count). The van der Waals surface area contributed by atoms with Gasteiger partial charge in [-0.1, -0.05) is 46.0 Å². The number of nitrogens with one attached hydrogen (secondary N) is 1. The summed E-state index contributed by atoms with van der Waals surface area (Å²) in [6.45, 7) is 40.4. The zero-order chi connectivity index (χ0) is 99.4. The van der Waals surface area contributed by atoms with Crippen molar-refractivity contribution in [3.63, 3.8) is 0 Å². The van der Waals surface area contributed by atoms with Crippen LogP contribution in [0.15, 0.2) is 42.6 Å². The van der Waals surface area contributed by atoms with Crippen LogP contribution in [-0.4, -0.2) is 247 Å². The van der Waals surface area contributed by atoms with Crippen LogP contribution in [0.25, 0.3) is 66.5 Å². The summed E-state index contributed by atoms with van der Waals surface area (Å²) >= 11 is 0. The molecule has 2 amide bonds. The molecule has 141 heavy (non-hydrogen) atoms. The van der Waals surface area contributed by atoms with Crippen molar-refractivity contribution in [1.29, 1.82) is 0 Å². The average Bonchev–Trinajstić information content (AvgIpc) is 1.73. The fourth-order valence-corrected chi connectivity index (χ4v) is 22.0. The molecule has 9 aliphatic rings. The maximum Gasteiger partial charge on any atom is 1.00 e. The van der Waals surface area contributed by atoms with Crippen molar-refractivity contribution in [1.82, 2.24) is 58.5 Å². The molecule has 0 bridgehead atoms. The van der Waals surface area contributed by atoms with Crippen molar-refractivity contribution in [3.8, 4) is 50.6 Å². The van der Waals surface area contributed by atoms with E-state index in [2.05, 4.69) is 20.0 Å². The number of carbonyl (C=O) groups is 5. The number of aryl methyl sites for hydroxylation is 6. The Labute approximate surface area is 839 Å². The van der Waals surface area contributed by atoms with Gasteiger partial charge >= 0.3 is 42.9 Å². The van der Waals surface area contributed by atoms with Gasteiger partial charge < -0.3 is 77.3 Å². The molecule has 6 fully saturated rings. The third-order valence-electron chi connectivity index (χ3n) is 28.7. The molecule has 33 heteroatoms. The molecular formula is C108H146F3LiN12O17. The zero-order valence-corrected chi connectivity index (χ0v) is 85.9. The molecule has 3 aliphatic carbocycles. The number of pyridine rings is 3. The van der Waals surface area contributed by atoms with E-state index < -0.39 is 70.5 Å². The van der Waals surface area contributed by atoms with Crippen LogP contribution >= 0.6 is 0 Å². The van der Waals surface area contributed by atoms with Gasteiger partial charge in [0, 0.05) is 207 Å². The first kappa shape index (κ1) is 111. The number of benzene rings is 3. The minimum absolute atomic E-state index is 0. The first-order valence-electron chi connectivity index (χ1n) is 49.4. The molecule has 6 aromatic heterocycles. The number of carboxylic acids is 1. The fourth-order valence-electron chi connectivity index (χ4n) is 22.0. The van der Waals surface area contributed by atoms with Crippen molar-refractivity contribution in [3.05, 3.63) is 139 Å². The van der Waals surface area contributed by atoms with E-state index in [1.807, 2.05) is 135 Å². The summed E-state index contributed by atoms with van der Waals surface area (Å²) in [5.74, 6) is -2.89. The third-order valence-corrected chi connectivity index (χ3v) is 28.7. The van der Waals surface area contributed by atoms with E-state index in [0.717, 1.165) is 108 Å². The third kappa shape index (κ3) is 24.3. The predicted molar refractivity (Wildman–Crippen MR) is 530 cm³/mol. The Morgan fingerprint density at radius 3 is 1.06 bits per heavy atom. The van der Waals surface area contributed by atoms with Crippen LogP contribution in [0.1, 0.15) is 272 Å². The smallest absolute Gasteiger partial charge is 0.870 e. The monoisotopic (exact) mass is 1950 g/mol. The number of aliphatic carboxylic acids is 1. The van der Waals surface area contributed by atoms with Gasteiger partial charge in [0.2, 0.25) is 0 Å². The summed E-state index contributed by atoms with van der Waals surface area (Å²) in [5, 5.41) is 15.9. The summed E-state index contributed by atoms with van der Waals surface area (Å²) in [6.07, 6.45) is 19.0. The van der Waals surface area contributed by atoms with Crippen molar-refractivity contribution in [2.24, 2.45) is 21.1 Å². The van der Waals surface area contributed by atoms with Gasteiger partial charge in [-0.3, -0.25) is 24.3 Å². The number of piperazine rings is 3.